The lowest BCUT2D eigenvalue weighted by Crippen LogP contribution is -2.58. The average molecular weight is 778 g/mol. The lowest BCUT2D eigenvalue weighted by molar-refractivity contribution is -0.134. The summed E-state index contributed by atoms with van der Waals surface area (Å²) in [7, 11) is 0. The molecule has 14 N–H and O–H groups in total. The highest BCUT2D eigenvalue weighted by Crippen LogP contribution is 2.12. The highest BCUT2D eigenvalue weighted by Gasteiger charge is 2.32. The van der Waals surface area contributed by atoms with Crippen LogP contribution in [0.25, 0.3) is 0 Å². The van der Waals surface area contributed by atoms with Gasteiger partial charge in [0.15, 0.2) is 11.7 Å². The number of carbonyl (C=O) groups excluding carboxylic acids is 7. The fourth-order valence-electron chi connectivity index (χ4n) is 5.45. The number of nitrogens with zero attached hydrogens (tertiary/aromatic N) is 1. The standard InChI is InChI=1S/C36H63N11O8/c1-7-22(6)29(47-33(52)26(18-21(4)5)46-34(53)27-13-10-16-55-27)35(54)42-19-28(48)43-24(12-9-15-41-36(39)40)31(50)45-25(17-20(2)3)32(51)44-23(30(38)49)11-8-14-37/h10,13,16,20-26,29H,7-9,11-12,14-15,17-19,37H2,1-6H3,(H2,38,49)(H,42,54)(H,43,48)(H,44,51)(H,45,50)(H,46,53)(H,47,52)(H4,39,40,41)/t22-,23+,24+,25+,26-,29-/m0/s1. The second-order valence-electron chi connectivity index (χ2n) is 14.4. The van der Waals surface area contributed by atoms with Crippen LogP contribution in [0.1, 0.15) is 97.0 Å². The minimum atomic E-state index is -1.18. The van der Waals surface area contributed by atoms with Gasteiger partial charge in [-0.1, -0.05) is 48.0 Å². The van der Waals surface area contributed by atoms with Crippen molar-refractivity contribution < 1.29 is 38.0 Å². The number of hydrogen-bond donors (Lipinski definition) is 10. The van der Waals surface area contributed by atoms with Gasteiger partial charge in [-0.05, 0) is 75.0 Å². The number of carbonyl (C=O) groups is 7. The van der Waals surface area contributed by atoms with Gasteiger partial charge in [0.2, 0.25) is 35.4 Å². The largest absolute Gasteiger partial charge is 0.459 e. The molecule has 1 heterocycles. The number of rotatable bonds is 26. The Morgan fingerprint density at radius 3 is 1.82 bits per heavy atom. The summed E-state index contributed by atoms with van der Waals surface area (Å²) in [4.78, 5) is 95.6. The molecular weight excluding hydrogens is 714 g/mol. The van der Waals surface area contributed by atoms with Crippen molar-refractivity contribution >= 4 is 47.3 Å². The molecule has 0 aliphatic rings. The molecule has 19 nitrogen and oxygen atoms in total. The summed E-state index contributed by atoms with van der Waals surface area (Å²) >= 11 is 0. The Balaban J connectivity index is 3.12. The summed E-state index contributed by atoms with van der Waals surface area (Å²) in [6.45, 7) is 10.9. The lowest BCUT2D eigenvalue weighted by atomic mass is 9.96. The van der Waals surface area contributed by atoms with Gasteiger partial charge in [-0.25, -0.2) is 0 Å². The van der Waals surface area contributed by atoms with Crippen molar-refractivity contribution in [3.63, 3.8) is 0 Å². The van der Waals surface area contributed by atoms with Crippen molar-refractivity contribution in [2.24, 2.45) is 45.7 Å². The van der Waals surface area contributed by atoms with Crippen molar-refractivity contribution in [1.29, 1.82) is 0 Å². The molecule has 1 aromatic heterocycles. The number of amides is 7. The van der Waals surface area contributed by atoms with E-state index < -0.39 is 78.1 Å². The monoisotopic (exact) mass is 777 g/mol. The molecule has 1 aromatic rings. The van der Waals surface area contributed by atoms with Gasteiger partial charge in [-0.3, -0.25) is 38.6 Å². The summed E-state index contributed by atoms with van der Waals surface area (Å²) in [6.07, 6.45) is 3.30. The van der Waals surface area contributed by atoms with Crippen LogP contribution in [0.4, 0.5) is 0 Å². The van der Waals surface area contributed by atoms with Crippen LogP contribution >= 0.6 is 0 Å². The SMILES string of the molecule is CC[C@H](C)[C@H](NC(=O)[C@H](CC(C)C)NC(=O)c1ccco1)C(=O)NCC(=O)N[C@H](CCCN=C(N)N)C(=O)N[C@H](CC(C)C)C(=O)N[C@H](CCCN)C(N)=O. The van der Waals surface area contributed by atoms with Crippen LogP contribution in [-0.4, -0.2) is 97.2 Å². The first-order valence-electron chi connectivity index (χ1n) is 18.8. The minimum Gasteiger partial charge on any atom is -0.459 e. The molecule has 7 amide bonds. The second kappa shape index (κ2) is 25.0. The zero-order valence-electron chi connectivity index (χ0n) is 32.9. The van der Waals surface area contributed by atoms with E-state index in [0.29, 0.717) is 12.8 Å². The molecule has 1 rings (SSSR count). The third-order valence-corrected chi connectivity index (χ3v) is 8.58. The van der Waals surface area contributed by atoms with E-state index >= 15 is 0 Å². The van der Waals surface area contributed by atoms with Crippen LogP contribution < -0.4 is 54.8 Å². The summed E-state index contributed by atoms with van der Waals surface area (Å²) in [5.41, 5.74) is 21.9. The number of aliphatic imine (C=N–C) groups is 1. The predicted octanol–water partition coefficient (Wildman–Crippen LogP) is -1.15. The van der Waals surface area contributed by atoms with Crippen LogP contribution in [0.2, 0.25) is 0 Å². The number of nitrogens with two attached hydrogens (primary N) is 4. The Labute approximate surface area is 323 Å². The van der Waals surface area contributed by atoms with E-state index in [1.54, 1.807) is 13.0 Å². The van der Waals surface area contributed by atoms with Crippen LogP contribution in [0.15, 0.2) is 27.8 Å². The quantitative estimate of drug-likeness (QED) is 0.0304. The summed E-state index contributed by atoms with van der Waals surface area (Å²) < 4.78 is 5.14. The molecule has 310 valence electrons. The van der Waals surface area contributed by atoms with Crippen LogP contribution in [0.3, 0.4) is 0 Å². The van der Waals surface area contributed by atoms with Crippen molar-refractivity contribution in [3.05, 3.63) is 24.2 Å². The van der Waals surface area contributed by atoms with Crippen molar-refractivity contribution in [1.82, 2.24) is 31.9 Å². The zero-order chi connectivity index (χ0) is 41.7. The Bertz CT molecular complexity index is 1430. The van der Waals surface area contributed by atoms with Crippen LogP contribution in [0, 0.1) is 17.8 Å². The highest BCUT2D eigenvalue weighted by atomic mass is 16.3. The van der Waals surface area contributed by atoms with E-state index in [0.717, 1.165) is 0 Å². The third-order valence-electron chi connectivity index (χ3n) is 8.58. The van der Waals surface area contributed by atoms with Gasteiger partial charge in [-0.15, -0.1) is 0 Å². The van der Waals surface area contributed by atoms with Gasteiger partial charge >= 0.3 is 0 Å². The van der Waals surface area contributed by atoms with Crippen molar-refractivity contribution in [3.8, 4) is 0 Å². The van der Waals surface area contributed by atoms with Gasteiger partial charge in [-0.2, -0.15) is 0 Å². The second-order valence-corrected chi connectivity index (χ2v) is 14.4. The maximum Gasteiger partial charge on any atom is 0.287 e. The smallest absolute Gasteiger partial charge is 0.287 e. The molecule has 19 heteroatoms. The molecule has 0 saturated carbocycles. The Hall–Kier alpha value is -5.20. The Morgan fingerprint density at radius 1 is 0.727 bits per heavy atom. The predicted molar refractivity (Wildman–Crippen MR) is 206 cm³/mol. The Kier molecular flexibility index (Phi) is 21.7. The molecular formula is C36H63N11O8. The fraction of sp³-hybridized carbons (Fsp3) is 0.667. The molecule has 0 radical (unpaired) electrons. The molecule has 0 saturated heterocycles. The van der Waals surface area contributed by atoms with Gasteiger partial charge in [0, 0.05) is 6.54 Å². The first-order chi connectivity index (χ1) is 25.9. The first-order valence-corrected chi connectivity index (χ1v) is 18.8. The van der Waals surface area contributed by atoms with Crippen LogP contribution in [-0.2, 0) is 28.8 Å². The number of furan rings is 1. The average Bonchev–Trinajstić information content (AvgIpc) is 3.66. The van der Waals surface area contributed by atoms with Gasteiger partial charge < -0.3 is 59.3 Å². The van der Waals surface area contributed by atoms with E-state index in [2.05, 4.69) is 36.9 Å². The molecule has 0 fully saturated rings. The normalized spacial score (nSPS) is 14.3. The number of nitrogens with one attached hydrogen (secondary N) is 6. The topological polar surface area (TPSA) is 321 Å². The number of primary amides is 1. The maximum absolute atomic E-state index is 13.6. The zero-order valence-corrected chi connectivity index (χ0v) is 32.9. The van der Waals surface area contributed by atoms with Crippen molar-refractivity contribution in [2.75, 3.05) is 19.6 Å². The minimum absolute atomic E-state index is 0.0141. The fourth-order valence-corrected chi connectivity index (χ4v) is 5.45. The molecule has 0 unspecified atom stereocenters. The van der Waals surface area contributed by atoms with E-state index in [-0.39, 0.29) is 74.7 Å². The molecule has 55 heavy (non-hydrogen) atoms. The summed E-state index contributed by atoms with van der Waals surface area (Å²) in [6, 6.07) is -2.28. The molecule has 0 aliphatic heterocycles. The molecule has 0 spiro atoms. The molecule has 6 atom stereocenters. The van der Waals surface area contributed by atoms with E-state index in [1.807, 2.05) is 34.6 Å². The van der Waals surface area contributed by atoms with E-state index in [9.17, 15) is 33.6 Å². The number of guanidine groups is 1. The first kappa shape index (κ1) is 47.8. The molecule has 0 aliphatic carbocycles. The summed E-state index contributed by atoms with van der Waals surface area (Å²) in [5.74, 6) is -5.15. The third kappa shape index (κ3) is 18.6. The van der Waals surface area contributed by atoms with E-state index in [4.69, 9.17) is 27.4 Å². The highest BCUT2D eigenvalue weighted by molar-refractivity contribution is 5.98. The summed E-state index contributed by atoms with van der Waals surface area (Å²) in [5, 5.41) is 15.8. The number of hydrogen-bond acceptors (Lipinski definition) is 10. The Morgan fingerprint density at radius 2 is 1.29 bits per heavy atom. The van der Waals surface area contributed by atoms with E-state index in [1.165, 1.54) is 12.3 Å². The van der Waals surface area contributed by atoms with Crippen molar-refractivity contribution in [2.45, 2.75) is 117 Å². The maximum atomic E-state index is 13.6. The van der Waals surface area contributed by atoms with Gasteiger partial charge in [0.1, 0.15) is 30.2 Å². The van der Waals surface area contributed by atoms with Crippen LogP contribution in [0.5, 0.6) is 0 Å². The molecule has 0 bridgehead atoms. The van der Waals surface area contributed by atoms with Gasteiger partial charge in [0.25, 0.3) is 5.91 Å². The lowest BCUT2D eigenvalue weighted by Gasteiger charge is -2.27. The van der Waals surface area contributed by atoms with Gasteiger partial charge in [0.05, 0.1) is 12.8 Å². The molecule has 0 aromatic carbocycles.